The van der Waals surface area contributed by atoms with Crippen LogP contribution in [0.15, 0.2) is 0 Å². The van der Waals surface area contributed by atoms with Gasteiger partial charge in [0.1, 0.15) is 0 Å². The van der Waals surface area contributed by atoms with Crippen molar-refractivity contribution in [1.29, 1.82) is 0 Å². The van der Waals surface area contributed by atoms with Crippen LogP contribution in [0.2, 0.25) is 0 Å². The average molecular weight is 228 g/mol. The first-order valence-electron chi connectivity index (χ1n) is 6.20. The predicted molar refractivity (Wildman–Crippen MR) is 64.3 cm³/mol. The van der Waals surface area contributed by atoms with Gasteiger partial charge in [-0.15, -0.1) is 0 Å². The summed E-state index contributed by atoms with van der Waals surface area (Å²) in [7, 11) is 0. The summed E-state index contributed by atoms with van der Waals surface area (Å²) in [5.41, 5.74) is -0.145. The Bertz CT molecular complexity index is 225. The van der Waals surface area contributed by atoms with E-state index in [0.29, 0.717) is 6.54 Å². The lowest BCUT2D eigenvalue weighted by Crippen LogP contribution is -2.43. The van der Waals surface area contributed by atoms with E-state index >= 15 is 0 Å². The summed E-state index contributed by atoms with van der Waals surface area (Å²) in [6, 6.07) is 0. The molecule has 16 heavy (non-hydrogen) atoms. The summed E-state index contributed by atoms with van der Waals surface area (Å²) in [6.45, 7) is 9.13. The van der Waals surface area contributed by atoms with E-state index in [0.717, 1.165) is 32.5 Å². The third-order valence-electron chi connectivity index (χ3n) is 3.09. The molecule has 1 rings (SSSR count). The van der Waals surface area contributed by atoms with E-state index in [1.165, 1.54) is 0 Å². The molecule has 0 aromatic carbocycles. The SMILES string of the molecule is CCNCC(C)C(=O)NCC1(C)CCCO1. The second kappa shape index (κ2) is 6.21. The molecule has 4 nitrogen and oxygen atoms in total. The van der Waals surface area contributed by atoms with Gasteiger partial charge in [-0.05, 0) is 26.3 Å². The molecule has 4 heteroatoms. The molecule has 0 saturated carbocycles. The molecule has 1 heterocycles. The van der Waals surface area contributed by atoms with E-state index in [4.69, 9.17) is 4.74 Å². The van der Waals surface area contributed by atoms with Crippen molar-refractivity contribution in [3.8, 4) is 0 Å². The Kier molecular flexibility index (Phi) is 5.22. The Morgan fingerprint density at radius 1 is 1.56 bits per heavy atom. The standard InChI is InChI=1S/C12H24N2O2/c1-4-13-8-10(2)11(15)14-9-12(3)6-5-7-16-12/h10,13H,4-9H2,1-3H3,(H,14,15). The number of nitrogens with one attached hydrogen (secondary N) is 2. The van der Waals surface area contributed by atoms with Crippen LogP contribution in [0.3, 0.4) is 0 Å². The summed E-state index contributed by atoms with van der Waals surface area (Å²) in [5, 5.41) is 6.14. The summed E-state index contributed by atoms with van der Waals surface area (Å²) in [4.78, 5) is 11.7. The monoisotopic (exact) mass is 228 g/mol. The lowest BCUT2D eigenvalue weighted by atomic mass is 10.0. The van der Waals surface area contributed by atoms with Crippen molar-refractivity contribution >= 4 is 5.91 Å². The fourth-order valence-electron chi connectivity index (χ4n) is 1.88. The van der Waals surface area contributed by atoms with E-state index in [9.17, 15) is 4.79 Å². The summed E-state index contributed by atoms with van der Waals surface area (Å²) in [6.07, 6.45) is 2.13. The molecule has 1 fully saturated rings. The highest BCUT2D eigenvalue weighted by Crippen LogP contribution is 2.23. The Hall–Kier alpha value is -0.610. The minimum Gasteiger partial charge on any atom is -0.373 e. The van der Waals surface area contributed by atoms with Gasteiger partial charge in [0.05, 0.1) is 5.60 Å². The molecule has 0 aromatic rings. The van der Waals surface area contributed by atoms with E-state index in [1.54, 1.807) is 0 Å². The maximum Gasteiger partial charge on any atom is 0.224 e. The molecule has 1 aliphatic rings. The average Bonchev–Trinajstić information content (AvgIpc) is 2.70. The lowest BCUT2D eigenvalue weighted by Gasteiger charge is -2.24. The van der Waals surface area contributed by atoms with Crippen molar-refractivity contribution in [2.45, 2.75) is 39.2 Å². The Morgan fingerprint density at radius 2 is 2.31 bits per heavy atom. The number of hydrogen-bond acceptors (Lipinski definition) is 3. The van der Waals surface area contributed by atoms with Gasteiger partial charge in [0, 0.05) is 25.6 Å². The van der Waals surface area contributed by atoms with Gasteiger partial charge >= 0.3 is 0 Å². The molecular formula is C12H24N2O2. The van der Waals surface area contributed by atoms with Crippen LogP contribution in [0.25, 0.3) is 0 Å². The molecule has 2 unspecified atom stereocenters. The number of carbonyl (C=O) groups is 1. The minimum atomic E-state index is -0.145. The van der Waals surface area contributed by atoms with E-state index in [1.807, 2.05) is 13.8 Å². The number of ether oxygens (including phenoxy) is 1. The van der Waals surface area contributed by atoms with Gasteiger partial charge in [0.2, 0.25) is 5.91 Å². The highest BCUT2D eigenvalue weighted by atomic mass is 16.5. The Labute approximate surface area is 98.1 Å². The smallest absolute Gasteiger partial charge is 0.224 e. The van der Waals surface area contributed by atoms with Crippen molar-refractivity contribution in [3.05, 3.63) is 0 Å². The molecule has 1 aliphatic heterocycles. The summed E-state index contributed by atoms with van der Waals surface area (Å²) in [5.74, 6) is 0.127. The number of carbonyl (C=O) groups excluding carboxylic acids is 1. The Balaban J connectivity index is 2.23. The van der Waals surface area contributed by atoms with E-state index < -0.39 is 0 Å². The van der Waals surface area contributed by atoms with Crippen LogP contribution in [0.5, 0.6) is 0 Å². The predicted octanol–water partition coefficient (Wildman–Crippen LogP) is 0.917. The minimum absolute atomic E-state index is 0.0185. The lowest BCUT2D eigenvalue weighted by molar-refractivity contribution is -0.125. The molecule has 94 valence electrons. The summed E-state index contributed by atoms with van der Waals surface area (Å²) < 4.78 is 5.62. The number of rotatable bonds is 6. The molecule has 1 amide bonds. The first-order valence-corrected chi connectivity index (χ1v) is 6.20. The molecule has 0 spiro atoms. The van der Waals surface area contributed by atoms with Crippen LogP contribution in [-0.2, 0) is 9.53 Å². The second-order valence-electron chi connectivity index (χ2n) is 4.83. The largest absolute Gasteiger partial charge is 0.373 e. The number of hydrogen-bond donors (Lipinski definition) is 2. The van der Waals surface area contributed by atoms with Gasteiger partial charge in [-0.2, -0.15) is 0 Å². The van der Waals surface area contributed by atoms with Crippen LogP contribution in [-0.4, -0.2) is 37.7 Å². The highest BCUT2D eigenvalue weighted by Gasteiger charge is 2.30. The van der Waals surface area contributed by atoms with Crippen LogP contribution < -0.4 is 10.6 Å². The first kappa shape index (κ1) is 13.5. The molecule has 1 saturated heterocycles. The van der Waals surface area contributed by atoms with Gasteiger partial charge < -0.3 is 15.4 Å². The van der Waals surface area contributed by atoms with Gasteiger partial charge in [-0.1, -0.05) is 13.8 Å². The third-order valence-corrected chi connectivity index (χ3v) is 3.09. The Morgan fingerprint density at radius 3 is 2.88 bits per heavy atom. The molecule has 0 bridgehead atoms. The second-order valence-corrected chi connectivity index (χ2v) is 4.83. The van der Waals surface area contributed by atoms with E-state index in [-0.39, 0.29) is 17.4 Å². The van der Waals surface area contributed by atoms with Gasteiger partial charge in [0.15, 0.2) is 0 Å². The molecule has 0 aromatic heterocycles. The zero-order valence-electron chi connectivity index (χ0n) is 10.6. The molecular weight excluding hydrogens is 204 g/mol. The molecule has 2 N–H and O–H groups in total. The van der Waals surface area contributed by atoms with Crippen molar-refractivity contribution < 1.29 is 9.53 Å². The van der Waals surface area contributed by atoms with Crippen molar-refractivity contribution in [3.63, 3.8) is 0 Å². The zero-order valence-corrected chi connectivity index (χ0v) is 10.6. The normalized spacial score (nSPS) is 26.7. The third kappa shape index (κ3) is 4.10. The van der Waals surface area contributed by atoms with Gasteiger partial charge in [-0.25, -0.2) is 0 Å². The zero-order chi connectivity index (χ0) is 12.0. The fraction of sp³-hybridized carbons (Fsp3) is 0.917. The number of amides is 1. The maximum atomic E-state index is 11.7. The van der Waals surface area contributed by atoms with Crippen LogP contribution in [0.4, 0.5) is 0 Å². The van der Waals surface area contributed by atoms with Crippen LogP contribution in [0, 0.1) is 5.92 Å². The quantitative estimate of drug-likeness (QED) is 0.710. The fourth-order valence-corrected chi connectivity index (χ4v) is 1.88. The molecule has 2 atom stereocenters. The summed E-state index contributed by atoms with van der Waals surface area (Å²) >= 11 is 0. The van der Waals surface area contributed by atoms with Crippen molar-refractivity contribution in [1.82, 2.24) is 10.6 Å². The molecule has 0 radical (unpaired) electrons. The molecule has 0 aliphatic carbocycles. The van der Waals surface area contributed by atoms with E-state index in [2.05, 4.69) is 17.6 Å². The van der Waals surface area contributed by atoms with Crippen LogP contribution in [0.1, 0.15) is 33.6 Å². The van der Waals surface area contributed by atoms with Gasteiger partial charge in [0.25, 0.3) is 0 Å². The topological polar surface area (TPSA) is 50.4 Å². The maximum absolute atomic E-state index is 11.7. The highest BCUT2D eigenvalue weighted by molar-refractivity contribution is 5.78. The van der Waals surface area contributed by atoms with Gasteiger partial charge in [-0.3, -0.25) is 4.79 Å². The van der Waals surface area contributed by atoms with Crippen molar-refractivity contribution in [2.75, 3.05) is 26.2 Å². The first-order chi connectivity index (χ1) is 7.57. The van der Waals surface area contributed by atoms with Crippen molar-refractivity contribution in [2.24, 2.45) is 5.92 Å². The van der Waals surface area contributed by atoms with Crippen LogP contribution >= 0.6 is 0 Å².